The normalized spacial score (nSPS) is 23.3. The van der Waals surface area contributed by atoms with Crippen LogP contribution in [0.1, 0.15) is 18.4 Å². The van der Waals surface area contributed by atoms with Crippen molar-refractivity contribution >= 4 is 17.7 Å². The summed E-state index contributed by atoms with van der Waals surface area (Å²) in [5.41, 5.74) is 0.903. The van der Waals surface area contributed by atoms with E-state index in [1.807, 2.05) is 25.4 Å². The van der Waals surface area contributed by atoms with Crippen LogP contribution < -0.4 is 0 Å². The van der Waals surface area contributed by atoms with Crippen molar-refractivity contribution in [3.63, 3.8) is 0 Å². The number of aryl methyl sites for hydroxylation is 1. The zero-order valence-electron chi connectivity index (χ0n) is 13.3. The van der Waals surface area contributed by atoms with Crippen LogP contribution in [0.2, 0.25) is 0 Å². The Balaban J connectivity index is 1.63. The molecule has 122 valence electrons. The fourth-order valence-electron chi connectivity index (χ4n) is 3.20. The van der Waals surface area contributed by atoms with E-state index in [0.29, 0.717) is 19.4 Å². The second-order valence-electron chi connectivity index (χ2n) is 6.19. The predicted octanol–water partition coefficient (Wildman–Crippen LogP) is 0.330. The highest BCUT2D eigenvalue weighted by Gasteiger charge is 2.47. The molecule has 23 heavy (non-hydrogen) atoms. The molecule has 2 heterocycles. The van der Waals surface area contributed by atoms with Gasteiger partial charge in [0, 0.05) is 32.4 Å². The van der Waals surface area contributed by atoms with E-state index in [4.69, 9.17) is 0 Å². The van der Waals surface area contributed by atoms with E-state index in [-0.39, 0.29) is 36.1 Å². The van der Waals surface area contributed by atoms with Gasteiger partial charge in [-0.2, -0.15) is 5.10 Å². The Morgan fingerprint density at radius 3 is 2.39 bits per heavy atom. The van der Waals surface area contributed by atoms with E-state index in [9.17, 15) is 14.4 Å². The van der Waals surface area contributed by atoms with Crippen molar-refractivity contribution in [2.75, 3.05) is 13.6 Å². The fourth-order valence-corrected chi connectivity index (χ4v) is 3.20. The summed E-state index contributed by atoms with van der Waals surface area (Å²) in [5.74, 6) is -1.25. The second-order valence-corrected chi connectivity index (χ2v) is 6.19. The van der Waals surface area contributed by atoms with Crippen molar-refractivity contribution < 1.29 is 14.4 Å². The molecule has 0 aromatic carbocycles. The Morgan fingerprint density at radius 1 is 1.26 bits per heavy atom. The first-order valence-corrected chi connectivity index (χ1v) is 7.69. The predicted molar refractivity (Wildman–Crippen MR) is 81.8 cm³/mol. The molecule has 7 nitrogen and oxygen atoms in total. The van der Waals surface area contributed by atoms with E-state index in [2.05, 4.69) is 5.10 Å². The number of rotatable bonds is 4. The maximum atomic E-state index is 12.4. The second kappa shape index (κ2) is 5.98. The van der Waals surface area contributed by atoms with Gasteiger partial charge in [-0.05, 0) is 12.8 Å². The van der Waals surface area contributed by atoms with E-state index < -0.39 is 0 Å². The van der Waals surface area contributed by atoms with Crippen molar-refractivity contribution in [3.8, 4) is 0 Å². The number of likely N-dealkylation sites (tertiary alicyclic amines) is 1. The standard InChI is InChI=1S/C16H20N4O3/c1-18(8-11-7-17-19(2)9-11)14(21)10-20-15(22)12-5-3-4-6-13(12)16(20)23/h3-4,7,9,12-13H,5-6,8,10H2,1-2H3/t12-,13+. The maximum absolute atomic E-state index is 12.4. The molecule has 1 fully saturated rings. The summed E-state index contributed by atoms with van der Waals surface area (Å²) in [6, 6.07) is 0. The van der Waals surface area contributed by atoms with E-state index >= 15 is 0 Å². The highest BCUT2D eigenvalue weighted by atomic mass is 16.2. The fraction of sp³-hybridized carbons (Fsp3) is 0.500. The Kier molecular flexibility index (Phi) is 4.02. The van der Waals surface area contributed by atoms with Gasteiger partial charge >= 0.3 is 0 Å². The van der Waals surface area contributed by atoms with Gasteiger partial charge in [-0.3, -0.25) is 24.0 Å². The average molecular weight is 316 g/mol. The number of hydrogen-bond donors (Lipinski definition) is 0. The van der Waals surface area contributed by atoms with E-state index in [1.165, 1.54) is 4.90 Å². The van der Waals surface area contributed by atoms with Gasteiger partial charge in [0.05, 0.1) is 18.0 Å². The average Bonchev–Trinajstić information content (AvgIpc) is 3.04. The summed E-state index contributed by atoms with van der Waals surface area (Å²) >= 11 is 0. The van der Waals surface area contributed by atoms with Gasteiger partial charge in [0.1, 0.15) is 6.54 Å². The van der Waals surface area contributed by atoms with Gasteiger partial charge in [-0.1, -0.05) is 12.2 Å². The Hall–Kier alpha value is -2.44. The molecule has 2 atom stereocenters. The number of imide groups is 1. The molecule has 0 bridgehead atoms. The molecule has 0 radical (unpaired) electrons. The SMILES string of the molecule is CN(Cc1cnn(C)c1)C(=O)CN1C(=O)[C@H]2CC=CC[C@H]2C1=O. The highest BCUT2D eigenvalue weighted by Crippen LogP contribution is 2.34. The third kappa shape index (κ3) is 2.91. The molecule has 0 saturated carbocycles. The first kappa shape index (κ1) is 15.5. The van der Waals surface area contributed by atoms with Crippen LogP contribution in [0.3, 0.4) is 0 Å². The van der Waals surface area contributed by atoms with Crippen molar-refractivity contribution in [1.29, 1.82) is 0 Å². The molecule has 0 spiro atoms. The Bertz CT molecular complexity index is 653. The number of allylic oxidation sites excluding steroid dienone is 2. The molecule has 1 aromatic heterocycles. The van der Waals surface area contributed by atoms with Crippen LogP contribution in [0, 0.1) is 11.8 Å². The smallest absolute Gasteiger partial charge is 0.242 e. The van der Waals surface area contributed by atoms with Crippen LogP contribution in [-0.4, -0.2) is 50.9 Å². The molecule has 7 heteroatoms. The lowest BCUT2D eigenvalue weighted by Gasteiger charge is -2.20. The van der Waals surface area contributed by atoms with Gasteiger partial charge in [-0.25, -0.2) is 0 Å². The van der Waals surface area contributed by atoms with Crippen LogP contribution >= 0.6 is 0 Å². The topological polar surface area (TPSA) is 75.5 Å². The molecule has 1 aliphatic carbocycles. The van der Waals surface area contributed by atoms with Crippen molar-refractivity contribution in [3.05, 3.63) is 30.1 Å². The van der Waals surface area contributed by atoms with Gasteiger partial charge in [0.25, 0.3) is 0 Å². The third-order valence-corrected chi connectivity index (χ3v) is 4.50. The summed E-state index contributed by atoms with van der Waals surface area (Å²) in [7, 11) is 3.47. The van der Waals surface area contributed by atoms with Gasteiger partial charge in [0.2, 0.25) is 17.7 Å². The zero-order chi connectivity index (χ0) is 16.6. The van der Waals surface area contributed by atoms with Crippen LogP contribution in [0.5, 0.6) is 0 Å². The highest BCUT2D eigenvalue weighted by molar-refractivity contribution is 6.07. The molecular weight excluding hydrogens is 296 g/mol. The molecule has 2 aliphatic rings. The quantitative estimate of drug-likeness (QED) is 0.592. The molecule has 3 rings (SSSR count). The summed E-state index contributed by atoms with van der Waals surface area (Å²) in [6.45, 7) is 0.221. The molecule has 3 amide bonds. The third-order valence-electron chi connectivity index (χ3n) is 4.50. The molecule has 0 unspecified atom stereocenters. The molecule has 1 aromatic rings. The number of carbonyl (C=O) groups is 3. The number of hydrogen-bond acceptors (Lipinski definition) is 4. The monoisotopic (exact) mass is 316 g/mol. The number of aromatic nitrogens is 2. The van der Waals surface area contributed by atoms with Gasteiger partial charge in [0.15, 0.2) is 0 Å². The van der Waals surface area contributed by atoms with Crippen LogP contribution in [-0.2, 0) is 28.0 Å². The summed E-state index contributed by atoms with van der Waals surface area (Å²) in [6.07, 6.45) is 8.57. The number of fused-ring (bicyclic) bond motifs is 1. The van der Waals surface area contributed by atoms with Crippen LogP contribution in [0.25, 0.3) is 0 Å². The van der Waals surface area contributed by atoms with E-state index in [0.717, 1.165) is 10.5 Å². The number of amides is 3. The minimum atomic E-state index is -0.288. The summed E-state index contributed by atoms with van der Waals surface area (Å²) < 4.78 is 1.67. The Labute approximate surface area is 134 Å². The first-order valence-electron chi connectivity index (χ1n) is 7.69. The minimum absolute atomic E-state index is 0.179. The first-order chi connectivity index (χ1) is 11.0. The molecule has 0 N–H and O–H groups in total. The summed E-state index contributed by atoms with van der Waals surface area (Å²) in [4.78, 5) is 39.7. The molecule has 1 aliphatic heterocycles. The van der Waals surface area contributed by atoms with E-state index in [1.54, 1.807) is 17.9 Å². The molecular formula is C16H20N4O3. The van der Waals surface area contributed by atoms with Gasteiger partial charge in [-0.15, -0.1) is 0 Å². The summed E-state index contributed by atoms with van der Waals surface area (Å²) in [5, 5.41) is 4.06. The lowest BCUT2D eigenvalue weighted by Crippen LogP contribution is -2.41. The largest absolute Gasteiger partial charge is 0.340 e. The lowest BCUT2D eigenvalue weighted by atomic mass is 9.85. The lowest BCUT2D eigenvalue weighted by molar-refractivity contribution is -0.146. The molecule has 1 saturated heterocycles. The van der Waals surface area contributed by atoms with Crippen molar-refractivity contribution in [2.24, 2.45) is 18.9 Å². The van der Waals surface area contributed by atoms with Gasteiger partial charge < -0.3 is 4.90 Å². The Morgan fingerprint density at radius 2 is 1.87 bits per heavy atom. The van der Waals surface area contributed by atoms with Crippen molar-refractivity contribution in [1.82, 2.24) is 19.6 Å². The zero-order valence-corrected chi connectivity index (χ0v) is 13.3. The number of carbonyl (C=O) groups excluding carboxylic acids is 3. The van der Waals surface area contributed by atoms with Crippen molar-refractivity contribution in [2.45, 2.75) is 19.4 Å². The maximum Gasteiger partial charge on any atom is 0.242 e. The number of nitrogens with zero attached hydrogens (tertiary/aromatic N) is 4. The number of likely N-dealkylation sites (N-methyl/N-ethyl adjacent to an activating group) is 1. The minimum Gasteiger partial charge on any atom is -0.340 e. The van der Waals surface area contributed by atoms with Crippen LogP contribution in [0.15, 0.2) is 24.5 Å². The van der Waals surface area contributed by atoms with Crippen LogP contribution in [0.4, 0.5) is 0 Å².